The van der Waals surface area contributed by atoms with Crippen LogP contribution in [0.4, 0.5) is 5.69 Å². The van der Waals surface area contributed by atoms with Crippen LogP contribution in [0.1, 0.15) is 62.6 Å². The molecule has 4 aromatic rings. The maximum absolute atomic E-state index is 5.62. The number of aryl methyl sites for hydroxylation is 2. The molecule has 0 bridgehead atoms. The number of rotatable bonds is 6. The summed E-state index contributed by atoms with van der Waals surface area (Å²) < 4.78 is 5.62. The van der Waals surface area contributed by atoms with Crippen LogP contribution in [-0.2, 0) is 0 Å². The summed E-state index contributed by atoms with van der Waals surface area (Å²) in [7, 11) is 0. The zero-order valence-electron chi connectivity index (χ0n) is 25.1. The van der Waals surface area contributed by atoms with Crippen molar-refractivity contribution in [2.24, 2.45) is 0 Å². The van der Waals surface area contributed by atoms with Crippen LogP contribution in [0, 0.1) is 13.8 Å². The summed E-state index contributed by atoms with van der Waals surface area (Å²) in [6, 6.07) is 36.7. The summed E-state index contributed by atoms with van der Waals surface area (Å²) in [6.07, 6.45) is 5.70. The molecule has 0 radical (unpaired) electrons. The van der Waals surface area contributed by atoms with Crippen LogP contribution in [0.3, 0.4) is 0 Å². The van der Waals surface area contributed by atoms with Crippen LogP contribution in [0.2, 0.25) is 0 Å². The first-order chi connectivity index (χ1) is 19.4. The van der Waals surface area contributed by atoms with Gasteiger partial charge >= 0.3 is 0 Å². The Morgan fingerprint density at radius 2 is 1.23 bits per heavy atom. The van der Waals surface area contributed by atoms with Gasteiger partial charge in [0.2, 0.25) is 0 Å². The number of hydrogen-bond acceptors (Lipinski definition) is 2. The third-order valence-corrected chi connectivity index (χ3v) is 7.06. The van der Waals surface area contributed by atoms with E-state index in [0.29, 0.717) is 0 Å². The van der Waals surface area contributed by atoms with E-state index in [-0.39, 0.29) is 6.10 Å². The molecule has 1 saturated heterocycles. The number of allylic oxidation sites excluding steroid dienone is 1. The molecule has 2 heteroatoms. The topological polar surface area (TPSA) is 12.5 Å². The molecule has 4 aromatic carbocycles. The largest absolute Gasteiger partial charge is 0.491 e. The van der Waals surface area contributed by atoms with E-state index >= 15 is 0 Å². The van der Waals surface area contributed by atoms with Gasteiger partial charge in [0, 0.05) is 18.8 Å². The smallest absolute Gasteiger partial charge is 0.119 e. The Hall–Kier alpha value is -3.78. The summed E-state index contributed by atoms with van der Waals surface area (Å²) in [5.74, 6) is 1.67. The predicted molar refractivity (Wildman–Crippen MR) is 175 cm³/mol. The molecule has 0 spiro atoms. The first-order valence-corrected chi connectivity index (χ1v) is 14.7. The van der Waals surface area contributed by atoms with Crippen molar-refractivity contribution in [2.75, 3.05) is 18.0 Å². The minimum absolute atomic E-state index is 0.222. The van der Waals surface area contributed by atoms with Crippen molar-refractivity contribution in [1.82, 2.24) is 0 Å². The second-order valence-electron chi connectivity index (χ2n) is 10.8. The van der Waals surface area contributed by atoms with Gasteiger partial charge < -0.3 is 9.64 Å². The van der Waals surface area contributed by atoms with Crippen molar-refractivity contribution in [2.45, 2.75) is 65.9 Å². The van der Waals surface area contributed by atoms with Gasteiger partial charge in [-0.3, -0.25) is 0 Å². The van der Waals surface area contributed by atoms with Gasteiger partial charge in [0.1, 0.15) is 5.75 Å². The summed E-state index contributed by atoms with van der Waals surface area (Å²) in [4.78, 5) is 2.51. The Bertz CT molecular complexity index is 1230. The van der Waals surface area contributed by atoms with Gasteiger partial charge in [0.15, 0.2) is 0 Å². The molecule has 5 rings (SSSR count). The van der Waals surface area contributed by atoms with Crippen molar-refractivity contribution in [3.63, 3.8) is 0 Å². The van der Waals surface area contributed by atoms with Gasteiger partial charge in [0.05, 0.1) is 6.10 Å². The Labute approximate surface area is 243 Å². The molecular formula is C38H47NO. The molecule has 2 nitrogen and oxygen atoms in total. The number of anilines is 1. The van der Waals surface area contributed by atoms with Crippen LogP contribution < -0.4 is 9.64 Å². The highest BCUT2D eigenvalue weighted by molar-refractivity contribution is 5.64. The monoisotopic (exact) mass is 533 g/mol. The number of benzene rings is 4. The van der Waals surface area contributed by atoms with E-state index in [9.17, 15) is 0 Å². The third kappa shape index (κ3) is 10.1. The minimum atomic E-state index is 0.222. The zero-order chi connectivity index (χ0) is 28.7. The minimum Gasteiger partial charge on any atom is -0.491 e. The van der Waals surface area contributed by atoms with Gasteiger partial charge in [-0.15, -0.1) is 6.58 Å². The average molecular weight is 534 g/mol. The summed E-state index contributed by atoms with van der Waals surface area (Å²) in [6.45, 7) is 16.2. The lowest BCUT2D eigenvalue weighted by Gasteiger charge is -2.34. The van der Waals surface area contributed by atoms with Crippen LogP contribution in [0.15, 0.2) is 116 Å². The van der Waals surface area contributed by atoms with E-state index in [0.717, 1.165) is 18.1 Å². The molecule has 0 atom stereocenters. The molecule has 0 aromatic heterocycles. The van der Waals surface area contributed by atoms with E-state index in [1.165, 1.54) is 59.4 Å². The van der Waals surface area contributed by atoms with E-state index in [1.807, 2.05) is 32.1 Å². The van der Waals surface area contributed by atoms with E-state index in [1.54, 1.807) is 0 Å². The van der Waals surface area contributed by atoms with Crippen molar-refractivity contribution in [3.8, 4) is 16.9 Å². The fourth-order valence-electron chi connectivity index (χ4n) is 4.70. The lowest BCUT2D eigenvalue weighted by molar-refractivity contribution is 0.242. The van der Waals surface area contributed by atoms with Gasteiger partial charge in [-0.25, -0.2) is 0 Å². The Balaban J connectivity index is 0.000000196. The highest BCUT2D eigenvalue weighted by Gasteiger charge is 2.20. The van der Waals surface area contributed by atoms with Crippen LogP contribution >= 0.6 is 0 Å². The fraction of sp³-hybridized carbons (Fsp3) is 0.316. The highest BCUT2D eigenvalue weighted by Crippen LogP contribution is 2.30. The van der Waals surface area contributed by atoms with Gasteiger partial charge in [-0.1, -0.05) is 103 Å². The van der Waals surface area contributed by atoms with Crippen LogP contribution in [0.5, 0.6) is 5.75 Å². The second-order valence-corrected chi connectivity index (χ2v) is 10.8. The molecule has 210 valence electrons. The molecule has 0 unspecified atom stereocenters. The van der Waals surface area contributed by atoms with E-state index in [2.05, 4.69) is 123 Å². The first-order valence-electron chi connectivity index (χ1n) is 14.7. The third-order valence-electron chi connectivity index (χ3n) is 7.06. The lowest BCUT2D eigenvalue weighted by Crippen LogP contribution is -2.32. The summed E-state index contributed by atoms with van der Waals surface area (Å²) in [5, 5.41) is 0. The molecule has 1 aliphatic heterocycles. The highest BCUT2D eigenvalue weighted by atomic mass is 16.5. The van der Waals surface area contributed by atoms with E-state index < -0.39 is 0 Å². The molecular weight excluding hydrogens is 486 g/mol. The Morgan fingerprint density at radius 3 is 1.70 bits per heavy atom. The Morgan fingerprint density at radius 1 is 0.750 bits per heavy atom. The lowest BCUT2D eigenvalue weighted by atomic mass is 9.89. The summed E-state index contributed by atoms with van der Waals surface area (Å²) >= 11 is 0. The molecule has 0 saturated carbocycles. The molecule has 1 aliphatic rings. The van der Waals surface area contributed by atoms with Crippen molar-refractivity contribution in [1.29, 1.82) is 0 Å². The van der Waals surface area contributed by atoms with Gasteiger partial charge in [-0.2, -0.15) is 0 Å². The fourth-order valence-corrected chi connectivity index (χ4v) is 4.70. The zero-order valence-corrected chi connectivity index (χ0v) is 25.1. The first kappa shape index (κ1) is 30.8. The number of nitrogens with zero attached hydrogens (tertiary/aromatic N) is 1. The molecule has 1 heterocycles. The Kier molecular flexibility index (Phi) is 12.6. The molecule has 0 N–H and O–H groups in total. The molecule has 0 amide bonds. The normalized spacial score (nSPS) is 13.0. The predicted octanol–water partition coefficient (Wildman–Crippen LogP) is 10.4. The molecule has 0 aliphatic carbocycles. The molecule has 1 fully saturated rings. The maximum Gasteiger partial charge on any atom is 0.119 e. The van der Waals surface area contributed by atoms with Gasteiger partial charge in [0.25, 0.3) is 0 Å². The standard InChI is InChI=1S/C18H21N.C16H18O.C4H8/c1-15-7-9-18(10-8-15)19-13-11-17(12-14-19)16-5-3-2-4-6-16;1-12(2)17-16-10-8-15(9-11-16)14-6-4-13(3)5-7-14;1-3-4-2/h2-10,17H,11-14H2,1H3;4-12H,1-3H3;3H,1,4H2,2H3. The second kappa shape index (κ2) is 16.4. The average Bonchev–Trinajstić information content (AvgIpc) is 2.99. The van der Waals surface area contributed by atoms with Crippen LogP contribution in [-0.4, -0.2) is 19.2 Å². The van der Waals surface area contributed by atoms with Crippen molar-refractivity contribution in [3.05, 3.63) is 132 Å². The molecule has 40 heavy (non-hydrogen) atoms. The quantitative estimate of drug-likeness (QED) is 0.229. The van der Waals surface area contributed by atoms with Crippen molar-refractivity contribution >= 4 is 5.69 Å². The number of hydrogen-bond donors (Lipinski definition) is 0. The number of piperidine rings is 1. The maximum atomic E-state index is 5.62. The van der Waals surface area contributed by atoms with Crippen LogP contribution in [0.25, 0.3) is 11.1 Å². The van der Waals surface area contributed by atoms with Gasteiger partial charge in [-0.05, 0) is 93.8 Å². The van der Waals surface area contributed by atoms with Crippen molar-refractivity contribution < 1.29 is 4.74 Å². The SMILES string of the molecule is C=CCC.Cc1ccc(-c2ccc(OC(C)C)cc2)cc1.Cc1ccc(N2CCC(c3ccccc3)CC2)cc1. The number of ether oxygens (including phenoxy) is 1. The summed E-state index contributed by atoms with van der Waals surface area (Å²) in [5.41, 5.74) is 7.97. The van der Waals surface area contributed by atoms with E-state index in [4.69, 9.17) is 4.74 Å².